The zero-order valence-corrected chi connectivity index (χ0v) is 26.8. The van der Waals surface area contributed by atoms with Gasteiger partial charge in [0.25, 0.3) is 10.0 Å². The highest BCUT2D eigenvalue weighted by atomic mass is 79.9. The van der Waals surface area contributed by atoms with Gasteiger partial charge in [0.1, 0.15) is 18.3 Å². The maximum Gasteiger partial charge on any atom is 0.264 e. The average Bonchev–Trinajstić information content (AvgIpc) is 2.99. The third-order valence-electron chi connectivity index (χ3n) is 7.38. The Bertz CT molecular complexity index is 1500. The second-order valence-corrected chi connectivity index (χ2v) is 13.5. The number of halogens is 2. The first-order valence-corrected chi connectivity index (χ1v) is 16.5. The highest BCUT2D eigenvalue weighted by Gasteiger charge is 2.34. The highest BCUT2D eigenvalue weighted by molar-refractivity contribution is 9.10. The van der Waals surface area contributed by atoms with E-state index >= 15 is 0 Å². The Balaban J connectivity index is 1.72. The van der Waals surface area contributed by atoms with Crippen LogP contribution in [0.15, 0.2) is 82.2 Å². The van der Waals surface area contributed by atoms with E-state index < -0.39 is 28.5 Å². The molecule has 1 aliphatic rings. The summed E-state index contributed by atoms with van der Waals surface area (Å²) in [4.78, 5) is 29.0. The molecule has 1 N–H and O–H groups in total. The van der Waals surface area contributed by atoms with Crippen molar-refractivity contribution in [1.82, 2.24) is 10.2 Å². The fourth-order valence-electron chi connectivity index (χ4n) is 5.07. The average molecular weight is 677 g/mol. The van der Waals surface area contributed by atoms with Crippen molar-refractivity contribution in [2.75, 3.05) is 18.0 Å². The number of nitrogens with one attached hydrogen (secondary N) is 1. The van der Waals surface area contributed by atoms with Crippen molar-refractivity contribution in [2.45, 2.75) is 62.6 Å². The molecule has 0 spiro atoms. The summed E-state index contributed by atoms with van der Waals surface area (Å²) in [5.41, 5.74) is 0.900. The molecule has 0 radical (unpaired) electrons. The number of benzene rings is 3. The Morgan fingerprint density at radius 1 is 1.02 bits per heavy atom. The van der Waals surface area contributed by atoms with Gasteiger partial charge < -0.3 is 15.0 Å². The van der Waals surface area contributed by atoms with Crippen molar-refractivity contribution in [3.8, 4) is 5.75 Å². The first-order valence-electron chi connectivity index (χ1n) is 13.9. The van der Waals surface area contributed by atoms with Gasteiger partial charge in [0, 0.05) is 22.1 Å². The summed E-state index contributed by atoms with van der Waals surface area (Å²) < 4.78 is 35.3. The van der Waals surface area contributed by atoms with Crippen molar-refractivity contribution in [1.29, 1.82) is 0 Å². The van der Waals surface area contributed by atoms with Crippen LogP contribution >= 0.6 is 27.5 Å². The predicted octanol–water partition coefficient (Wildman–Crippen LogP) is 6.17. The molecule has 42 heavy (non-hydrogen) atoms. The van der Waals surface area contributed by atoms with E-state index in [-0.39, 0.29) is 39.8 Å². The van der Waals surface area contributed by atoms with Gasteiger partial charge in [-0.25, -0.2) is 8.42 Å². The molecular formula is C31H35BrClN3O5S. The molecule has 1 fully saturated rings. The highest BCUT2D eigenvalue weighted by Crippen LogP contribution is 2.35. The van der Waals surface area contributed by atoms with Crippen molar-refractivity contribution < 1.29 is 22.7 Å². The normalized spacial score (nSPS) is 14.6. The Labute approximate surface area is 261 Å². The van der Waals surface area contributed by atoms with Crippen LogP contribution in [0.5, 0.6) is 5.75 Å². The lowest BCUT2D eigenvalue weighted by atomic mass is 9.95. The third kappa shape index (κ3) is 7.85. The summed E-state index contributed by atoms with van der Waals surface area (Å²) >= 11 is 9.76. The number of amides is 2. The van der Waals surface area contributed by atoms with Crippen molar-refractivity contribution in [3.05, 3.63) is 87.9 Å². The summed E-state index contributed by atoms with van der Waals surface area (Å²) in [6.45, 7) is 1.19. The number of methoxy groups -OCH3 is 1. The van der Waals surface area contributed by atoms with Gasteiger partial charge in [-0.1, -0.05) is 77.1 Å². The minimum absolute atomic E-state index is 0.00135. The van der Waals surface area contributed by atoms with Gasteiger partial charge in [-0.15, -0.1) is 0 Å². The smallest absolute Gasteiger partial charge is 0.264 e. The predicted molar refractivity (Wildman–Crippen MR) is 168 cm³/mol. The second-order valence-electron chi connectivity index (χ2n) is 10.3. The van der Waals surface area contributed by atoms with E-state index in [0.29, 0.717) is 0 Å². The van der Waals surface area contributed by atoms with Crippen LogP contribution in [0.1, 0.15) is 44.6 Å². The van der Waals surface area contributed by atoms with Gasteiger partial charge in [-0.05, 0) is 67.8 Å². The number of carbonyl (C=O) groups excluding carboxylic acids is 2. The van der Waals surface area contributed by atoms with Crippen LogP contribution in [0.3, 0.4) is 0 Å². The van der Waals surface area contributed by atoms with Crippen LogP contribution in [0, 0.1) is 0 Å². The number of hydrogen-bond donors (Lipinski definition) is 1. The molecule has 0 heterocycles. The number of rotatable bonds is 11. The molecule has 1 atom stereocenters. The van der Waals surface area contributed by atoms with Crippen LogP contribution in [0.2, 0.25) is 5.02 Å². The molecular weight excluding hydrogens is 642 g/mol. The first-order chi connectivity index (χ1) is 20.1. The lowest BCUT2D eigenvalue weighted by molar-refractivity contribution is -0.139. The lowest BCUT2D eigenvalue weighted by Gasteiger charge is -2.33. The summed E-state index contributed by atoms with van der Waals surface area (Å²) in [6, 6.07) is 19.1. The molecule has 4 rings (SSSR count). The fraction of sp³-hybridized carbons (Fsp3) is 0.355. The van der Waals surface area contributed by atoms with Gasteiger partial charge in [-0.2, -0.15) is 0 Å². The molecule has 3 aromatic carbocycles. The van der Waals surface area contributed by atoms with Gasteiger partial charge in [0.15, 0.2) is 0 Å². The van der Waals surface area contributed by atoms with E-state index in [1.165, 1.54) is 30.2 Å². The second kappa shape index (κ2) is 14.4. The zero-order chi connectivity index (χ0) is 30.3. The minimum atomic E-state index is -4.24. The summed E-state index contributed by atoms with van der Waals surface area (Å²) in [6.07, 6.45) is 5.04. The van der Waals surface area contributed by atoms with Gasteiger partial charge in [-0.3, -0.25) is 13.9 Å². The molecule has 1 saturated carbocycles. The van der Waals surface area contributed by atoms with Crippen LogP contribution in [-0.2, 0) is 26.2 Å². The molecule has 11 heteroatoms. The van der Waals surface area contributed by atoms with Gasteiger partial charge in [0.05, 0.1) is 17.7 Å². The van der Waals surface area contributed by atoms with E-state index in [9.17, 15) is 18.0 Å². The van der Waals surface area contributed by atoms with Crippen LogP contribution < -0.4 is 14.4 Å². The van der Waals surface area contributed by atoms with Crippen LogP contribution in [-0.4, -0.2) is 50.9 Å². The van der Waals surface area contributed by atoms with E-state index in [2.05, 4.69) is 21.2 Å². The number of nitrogens with zero attached hydrogens (tertiary/aromatic N) is 2. The Kier molecular flexibility index (Phi) is 10.9. The Morgan fingerprint density at radius 3 is 2.40 bits per heavy atom. The van der Waals surface area contributed by atoms with Crippen molar-refractivity contribution in [2.24, 2.45) is 0 Å². The fourth-order valence-corrected chi connectivity index (χ4v) is 7.12. The Morgan fingerprint density at radius 2 is 1.74 bits per heavy atom. The van der Waals surface area contributed by atoms with Gasteiger partial charge in [0.2, 0.25) is 11.8 Å². The summed E-state index contributed by atoms with van der Waals surface area (Å²) in [7, 11) is -2.83. The molecule has 0 bridgehead atoms. The number of carbonyl (C=O) groups is 2. The molecule has 0 unspecified atom stereocenters. The molecule has 0 aliphatic heterocycles. The first kappa shape index (κ1) is 31.8. The van der Waals surface area contributed by atoms with Crippen molar-refractivity contribution >= 4 is 55.1 Å². The van der Waals surface area contributed by atoms with Crippen molar-refractivity contribution in [3.63, 3.8) is 0 Å². The van der Waals surface area contributed by atoms with Gasteiger partial charge >= 0.3 is 0 Å². The van der Waals surface area contributed by atoms with E-state index in [1.54, 1.807) is 37.3 Å². The molecule has 224 valence electrons. The van der Waals surface area contributed by atoms with Crippen LogP contribution in [0.25, 0.3) is 0 Å². The molecule has 0 aromatic heterocycles. The van der Waals surface area contributed by atoms with E-state index in [0.717, 1.165) is 46.4 Å². The maximum absolute atomic E-state index is 14.2. The minimum Gasteiger partial charge on any atom is -0.495 e. The molecule has 0 saturated heterocycles. The third-order valence-corrected chi connectivity index (χ3v) is 9.88. The zero-order valence-electron chi connectivity index (χ0n) is 23.6. The monoisotopic (exact) mass is 675 g/mol. The molecule has 2 amide bonds. The topological polar surface area (TPSA) is 96.0 Å². The quantitative estimate of drug-likeness (QED) is 0.262. The standard InChI is InChI=1S/C31H35BrClN3O5S/c1-22(31(38)34-26-12-5-3-6-13-26)35(20-23-10-9-11-24(32)18-23)30(37)21-36(28-19-25(33)16-17-29(28)41-2)42(39,40)27-14-7-4-8-15-27/h4,7-11,14-19,22,26H,3,5-6,12-13,20-21H2,1-2H3,(H,34,38)/t22-/m1/s1. The van der Waals surface area contributed by atoms with E-state index in [4.69, 9.17) is 16.3 Å². The number of anilines is 1. The largest absolute Gasteiger partial charge is 0.495 e. The lowest BCUT2D eigenvalue weighted by Crippen LogP contribution is -2.53. The number of ether oxygens (including phenoxy) is 1. The van der Waals surface area contributed by atoms with E-state index in [1.807, 2.05) is 24.3 Å². The molecule has 8 nitrogen and oxygen atoms in total. The molecule has 3 aromatic rings. The molecule has 1 aliphatic carbocycles. The summed E-state index contributed by atoms with van der Waals surface area (Å²) in [5.74, 6) is -0.598. The number of sulfonamides is 1. The SMILES string of the molecule is COc1ccc(Cl)cc1N(CC(=O)N(Cc1cccc(Br)c1)[C@H](C)C(=O)NC1CCCCC1)S(=O)(=O)c1ccccc1. The maximum atomic E-state index is 14.2. The van der Waals surface area contributed by atoms with Crippen LogP contribution in [0.4, 0.5) is 5.69 Å². The number of hydrogen-bond acceptors (Lipinski definition) is 5. The summed E-state index contributed by atoms with van der Waals surface area (Å²) in [5, 5.41) is 3.38. The Hall–Kier alpha value is -3.08.